The van der Waals surface area contributed by atoms with Gasteiger partial charge in [0.15, 0.2) is 5.76 Å². The van der Waals surface area contributed by atoms with Gasteiger partial charge in [-0.05, 0) is 54.7 Å². The second-order valence-electron chi connectivity index (χ2n) is 7.08. The van der Waals surface area contributed by atoms with Crippen molar-refractivity contribution in [1.82, 2.24) is 9.88 Å². The fourth-order valence-electron chi connectivity index (χ4n) is 3.81. The monoisotopic (exact) mass is 356 g/mol. The second kappa shape index (κ2) is 6.26. The van der Waals surface area contributed by atoms with E-state index in [-0.39, 0.29) is 11.9 Å². The van der Waals surface area contributed by atoms with Crippen LogP contribution < -0.4 is 0 Å². The number of furan rings is 1. The first-order valence-corrected chi connectivity index (χ1v) is 9.07. The van der Waals surface area contributed by atoms with E-state index >= 15 is 0 Å². The number of hydrogen-bond acceptors (Lipinski definition) is 2. The van der Waals surface area contributed by atoms with Crippen molar-refractivity contribution >= 4 is 28.4 Å². The predicted octanol–water partition coefficient (Wildman–Crippen LogP) is 5.20. The maximum Gasteiger partial charge on any atom is 0.290 e. The molecule has 5 heteroatoms. The van der Waals surface area contributed by atoms with Crippen LogP contribution in [-0.2, 0) is 6.42 Å². The lowest BCUT2D eigenvalue weighted by molar-refractivity contribution is 0.0599. The predicted molar refractivity (Wildman–Crippen MR) is 99.0 cm³/mol. The number of benzene rings is 1. The summed E-state index contributed by atoms with van der Waals surface area (Å²) in [6, 6.07) is 9.44. The molecule has 130 valence electrons. The molecule has 1 aliphatic heterocycles. The Balaban J connectivity index is 1.79. The lowest BCUT2D eigenvalue weighted by Gasteiger charge is -2.36. The minimum atomic E-state index is -0.0435. The first-order chi connectivity index (χ1) is 12.0. The molecule has 0 aliphatic carbocycles. The van der Waals surface area contributed by atoms with Crippen LogP contribution in [-0.4, -0.2) is 22.3 Å². The fourth-order valence-corrected chi connectivity index (χ4v) is 3.99. The van der Waals surface area contributed by atoms with Crippen LogP contribution in [0.25, 0.3) is 10.9 Å². The largest absolute Gasteiger partial charge is 0.459 e. The average Bonchev–Trinajstić information content (AvgIpc) is 3.22. The van der Waals surface area contributed by atoms with Gasteiger partial charge in [0, 0.05) is 28.2 Å². The Kier molecular flexibility index (Phi) is 4.08. The van der Waals surface area contributed by atoms with Crippen LogP contribution in [0.2, 0.25) is 5.02 Å². The van der Waals surface area contributed by atoms with Crippen molar-refractivity contribution in [2.75, 3.05) is 6.54 Å². The Bertz CT molecular complexity index is 911. The molecule has 0 saturated carbocycles. The van der Waals surface area contributed by atoms with Crippen LogP contribution in [0.1, 0.15) is 48.1 Å². The number of aromatic amines is 1. The van der Waals surface area contributed by atoms with E-state index in [1.807, 2.05) is 23.1 Å². The summed E-state index contributed by atoms with van der Waals surface area (Å²) >= 11 is 6.19. The van der Waals surface area contributed by atoms with E-state index in [0.29, 0.717) is 18.2 Å². The summed E-state index contributed by atoms with van der Waals surface area (Å²) in [5.74, 6) is 0.826. The Morgan fingerprint density at radius 3 is 2.96 bits per heavy atom. The lowest BCUT2D eigenvalue weighted by Crippen LogP contribution is -2.40. The third kappa shape index (κ3) is 2.85. The third-order valence-corrected chi connectivity index (χ3v) is 5.14. The topological polar surface area (TPSA) is 49.2 Å². The van der Waals surface area contributed by atoms with E-state index in [9.17, 15) is 4.79 Å². The van der Waals surface area contributed by atoms with E-state index in [2.05, 4.69) is 18.8 Å². The van der Waals surface area contributed by atoms with Crippen LogP contribution in [0.15, 0.2) is 41.0 Å². The van der Waals surface area contributed by atoms with Crippen LogP contribution in [0.3, 0.4) is 0 Å². The number of halogens is 1. The molecule has 0 fully saturated rings. The molecule has 0 radical (unpaired) electrons. The van der Waals surface area contributed by atoms with Crippen molar-refractivity contribution in [2.24, 2.45) is 5.92 Å². The highest BCUT2D eigenvalue weighted by molar-refractivity contribution is 6.31. The maximum absolute atomic E-state index is 12.9. The van der Waals surface area contributed by atoms with Crippen LogP contribution in [0.4, 0.5) is 0 Å². The molecule has 3 aromatic rings. The third-order valence-electron chi connectivity index (χ3n) is 4.90. The van der Waals surface area contributed by atoms with Crippen LogP contribution >= 0.6 is 11.6 Å². The Labute approximate surface area is 151 Å². The molecule has 0 spiro atoms. The summed E-state index contributed by atoms with van der Waals surface area (Å²) < 4.78 is 5.35. The van der Waals surface area contributed by atoms with E-state index < -0.39 is 0 Å². The van der Waals surface area contributed by atoms with Gasteiger partial charge < -0.3 is 14.3 Å². The van der Waals surface area contributed by atoms with Gasteiger partial charge in [-0.2, -0.15) is 0 Å². The summed E-state index contributed by atoms with van der Waals surface area (Å²) in [6.45, 7) is 5.05. The maximum atomic E-state index is 12.9. The van der Waals surface area contributed by atoms with Gasteiger partial charge in [0.1, 0.15) is 0 Å². The quantitative estimate of drug-likeness (QED) is 0.701. The molecule has 1 atom stereocenters. The SMILES string of the molecule is CC(C)CC1c2[nH]c3ccc(Cl)cc3c2CCN1C(=O)c1ccco1. The van der Waals surface area contributed by atoms with Crippen molar-refractivity contribution in [3.8, 4) is 0 Å². The van der Waals surface area contributed by atoms with Gasteiger partial charge >= 0.3 is 0 Å². The van der Waals surface area contributed by atoms with Crippen molar-refractivity contribution in [3.63, 3.8) is 0 Å². The van der Waals surface area contributed by atoms with E-state index in [1.54, 1.807) is 18.4 Å². The van der Waals surface area contributed by atoms with E-state index in [4.69, 9.17) is 16.0 Å². The molecule has 1 amide bonds. The first-order valence-electron chi connectivity index (χ1n) is 8.69. The van der Waals surface area contributed by atoms with E-state index in [1.165, 1.54) is 10.9 Å². The molecule has 0 bridgehead atoms. The molecule has 2 aromatic heterocycles. The highest BCUT2D eigenvalue weighted by Gasteiger charge is 2.35. The lowest BCUT2D eigenvalue weighted by atomic mass is 9.91. The molecular formula is C20H21ClN2O2. The number of rotatable bonds is 3. The molecular weight excluding hydrogens is 336 g/mol. The summed E-state index contributed by atoms with van der Waals surface area (Å²) in [6.07, 6.45) is 3.27. The number of nitrogens with zero attached hydrogens (tertiary/aromatic N) is 1. The summed E-state index contributed by atoms with van der Waals surface area (Å²) in [5.41, 5.74) is 3.50. The van der Waals surface area contributed by atoms with Gasteiger partial charge in [0.25, 0.3) is 5.91 Å². The summed E-state index contributed by atoms with van der Waals surface area (Å²) in [5, 5.41) is 1.91. The molecule has 4 rings (SSSR count). The van der Waals surface area contributed by atoms with E-state index in [0.717, 1.165) is 29.1 Å². The number of H-pyrrole nitrogens is 1. The van der Waals surface area contributed by atoms with Crippen molar-refractivity contribution < 1.29 is 9.21 Å². The van der Waals surface area contributed by atoms with Crippen molar-refractivity contribution in [1.29, 1.82) is 0 Å². The summed E-state index contributed by atoms with van der Waals surface area (Å²) in [4.78, 5) is 18.4. The van der Waals surface area contributed by atoms with Gasteiger partial charge in [0.2, 0.25) is 0 Å². The van der Waals surface area contributed by atoms with Crippen molar-refractivity contribution in [2.45, 2.75) is 32.7 Å². The zero-order valence-corrected chi connectivity index (χ0v) is 15.1. The van der Waals surface area contributed by atoms with Crippen molar-refractivity contribution in [3.05, 3.63) is 58.6 Å². The second-order valence-corrected chi connectivity index (χ2v) is 7.51. The number of carbonyl (C=O) groups is 1. The molecule has 1 unspecified atom stereocenters. The minimum absolute atomic E-state index is 0.0209. The standard InChI is InChI=1S/C20H21ClN2O2/c1-12(2)10-17-19-14(15-11-13(21)5-6-16(15)22-19)7-8-23(17)20(24)18-4-3-9-25-18/h3-6,9,11-12,17,22H,7-8,10H2,1-2H3. The number of aromatic nitrogens is 1. The van der Waals surface area contributed by atoms with Crippen LogP contribution in [0, 0.1) is 5.92 Å². The van der Waals surface area contributed by atoms with Gasteiger partial charge in [-0.3, -0.25) is 4.79 Å². The molecule has 25 heavy (non-hydrogen) atoms. The fraction of sp³-hybridized carbons (Fsp3) is 0.350. The van der Waals surface area contributed by atoms with Gasteiger partial charge in [0.05, 0.1) is 12.3 Å². The number of nitrogens with one attached hydrogen (secondary N) is 1. The van der Waals surface area contributed by atoms with Gasteiger partial charge in [-0.1, -0.05) is 25.4 Å². The molecule has 1 N–H and O–H groups in total. The molecule has 4 nitrogen and oxygen atoms in total. The molecule has 1 aromatic carbocycles. The molecule has 0 saturated heterocycles. The Morgan fingerprint density at radius 1 is 1.40 bits per heavy atom. The Morgan fingerprint density at radius 2 is 2.24 bits per heavy atom. The first kappa shape index (κ1) is 16.3. The average molecular weight is 357 g/mol. The smallest absolute Gasteiger partial charge is 0.290 e. The molecule has 3 heterocycles. The summed E-state index contributed by atoms with van der Waals surface area (Å²) in [7, 11) is 0. The van der Waals surface area contributed by atoms with Gasteiger partial charge in [-0.15, -0.1) is 0 Å². The normalized spacial score (nSPS) is 17.3. The highest BCUT2D eigenvalue weighted by Crippen LogP contribution is 2.39. The Hall–Kier alpha value is -2.20. The number of fused-ring (bicyclic) bond motifs is 3. The van der Waals surface area contributed by atoms with Gasteiger partial charge in [-0.25, -0.2) is 0 Å². The number of amides is 1. The molecule has 1 aliphatic rings. The number of carbonyl (C=O) groups excluding carboxylic acids is 1. The van der Waals surface area contributed by atoms with Crippen LogP contribution in [0.5, 0.6) is 0 Å². The highest BCUT2D eigenvalue weighted by atomic mass is 35.5. The zero-order valence-electron chi connectivity index (χ0n) is 14.4. The number of hydrogen-bond donors (Lipinski definition) is 1. The minimum Gasteiger partial charge on any atom is -0.459 e. The zero-order chi connectivity index (χ0) is 17.6.